The summed E-state index contributed by atoms with van der Waals surface area (Å²) in [6.45, 7) is 3.12. The first-order chi connectivity index (χ1) is 11.6. The number of likely N-dealkylation sites (N-methyl/N-ethyl adjacent to an activating group) is 1. The number of hydrogen-bond acceptors (Lipinski definition) is 3. The van der Waals surface area contributed by atoms with Crippen LogP contribution in [-0.2, 0) is 6.42 Å². The second kappa shape index (κ2) is 8.15. The van der Waals surface area contributed by atoms with Crippen LogP contribution < -0.4 is 0 Å². The smallest absolute Gasteiger partial charge is 0.264 e. The van der Waals surface area contributed by atoms with Crippen LogP contribution in [0.3, 0.4) is 0 Å². The lowest BCUT2D eigenvalue weighted by atomic mass is 10.0. The predicted octanol–water partition coefficient (Wildman–Crippen LogP) is 4.18. The third-order valence-electron chi connectivity index (χ3n) is 4.69. The Bertz CT molecular complexity index is 673. The highest BCUT2D eigenvalue weighted by molar-refractivity contribution is 7.17. The molecule has 1 aromatic carbocycles. The zero-order valence-electron chi connectivity index (χ0n) is 14.0. The molecule has 1 amide bonds. The summed E-state index contributed by atoms with van der Waals surface area (Å²) in [6.07, 6.45) is 3.28. The molecule has 1 atom stereocenters. The van der Waals surface area contributed by atoms with E-state index >= 15 is 0 Å². The number of halogens is 1. The van der Waals surface area contributed by atoms with Crippen LogP contribution in [0.2, 0.25) is 4.34 Å². The molecule has 0 aliphatic carbocycles. The number of rotatable bonds is 5. The molecule has 0 spiro atoms. The van der Waals surface area contributed by atoms with Gasteiger partial charge >= 0.3 is 0 Å². The Balaban J connectivity index is 1.55. The first-order valence-corrected chi connectivity index (χ1v) is 9.61. The average molecular weight is 363 g/mol. The maximum absolute atomic E-state index is 12.6. The van der Waals surface area contributed by atoms with E-state index in [1.165, 1.54) is 16.9 Å². The Hall–Kier alpha value is -1.36. The van der Waals surface area contributed by atoms with Gasteiger partial charge in [0.25, 0.3) is 5.91 Å². The fraction of sp³-hybridized carbons (Fsp3) is 0.421. The molecule has 0 bridgehead atoms. The number of amides is 1. The number of nitrogens with zero attached hydrogens (tertiary/aromatic N) is 2. The largest absolute Gasteiger partial charge is 0.337 e. The Morgan fingerprint density at radius 1 is 1.29 bits per heavy atom. The second-order valence-corrected chi connectivity index (χ2v) is 8.07. The number of carbonyl (C=O) groups excluding carboxylic acids is 1. The number of hydrogen-bond donors (Lipinski definition) is 0. The van der Waals surface area contributed by atoms with Crippen LogP contribution in [0.5, 0.6) is 0 Å². The van der Waals surface area contributed by atoms with Crippen molar-refractivity contribution >= 4 is 28.8 Å². The van der Waals surface area contributed by atoms with Crippen molar-refractivity contribution in [1.29, 1.82) is 0 Å². The summed E-state index contributed by atoms with van der Waals surface area (Å²) in [5, 5.41) is 0. The number of carbonyl (C=O) groups is 1. The van der Waals surface area contributed by atoms with E-state index in [9.17, 15) is 4.79 Å². The van der Waals surface area contributed by atoms with Crippen molar-refractivity contribution in [2.24, 2.45) is 0 Å². The Morgan fingerprint density at radius 3 is 2.79 bits per heavy atom. The van der Waals surface area contributed by atoms with E-state index in [4.69, 9.17) is 11.6 Å². The minimum absolute atomic E-state index is 0.0850. The SMILES string of the molecule is CN(C(=O)c1ccc(Cl)s1)[C@@H]1CCCN(CCc2ccccc2)C1. The highest BCUT2D eigenvalue weighted by Gasteiger charge is 2.27. The summed E-state index contributed by atoms with van der Waals surface area (Å²) < 4.78 is 0.667. The molecule has 5 heteroatoms. The average Bonchev–Trinajstić information content (AvgIpc) is 3.06. The van der Waals surface area contributed by atoms with Gasteiger partial charge in [-0.1, -0.05) is 41.9 Å². The van der Waals surface area contributed by atoms with Crippen molar-refractivity contribution in [1.82, 2.24) is 9.80 Å². The first-order valence-electron chi connectivity index (χ1n) is 8.42. The zero-order valence-corrected chi connectivity index (χ0v) is 15.5. The van der Waals surface area contributed by atoms with Gasteiger partial charge in [-0.15, -0.1) is 11.3 Å². The molecule has 1 saturated heterocycles. The van der Waals surface area contributed by atoms with Crippen molar-refractivity contribution in [2.45, 2.75) is 25.3 Å². The maximum atomic E-state index is 12.6. The Morgan fingerprint density at radius 2 is 2.08 bits per heavy atom. The van der Waals surface area contributed by atoms with Crippen LogP contribution in [0.25, 0.3) is 0 Å². The van der Waals surface area contributed by atoms with Gasteiger partial charge in [0.1, 0.15) is 0 Å². The highest BCUT2D eigenvalue weighted by Crippen LogP contribution is 2.24. The summed E-state index contributed by atoms with van der Waals surface area (Å²) >= 11 is 7.31. The molecule has 0 N–H and O–H groups in total. The van der Waals surface area contributed by atoms with Crippen molar-refractivity contribution in [3.63, 3.8) is 0 Å². The lowest BCUT2D eigenvalue weighted by Crippen LogP contribution is -2.48. The first kappa shape index (κ1) is 17.5. The molecule has 2 heterocycles. The third kappa shape index (κ3) is 4.38. The van der Waals surface area contributed by atoms with Crippen molar-refractivity contribution in [3.05, 3.63) is 57.2 Å². The van der Waals surface area contributed by atoms with Gasteiger partial charge in [-0.3, -0.25) is 4.79 Å². The minimum Gasteiger partial charge on any atom is -0.337 e. The molecule has 1 aliphatic heterocycles. The third-order valence-corrected chi connectivity index (χ3v) is 5.91. The maximum Gasteiger partial charge on any atom is 0.264 e. The molecule has 1 fully saturated rings. The quantitative estimate of drug-likeness (QED) is 0.796. The van der Waals surface area contributed by atoms with Gasteiger partial charge in [0.15, 0.2) is 0 Å². The number of benzene rings is 1. The summed E-state index contributed by atoms with van der Waals surface area (Å²) in [4.78, 5) is 17.7. The normalized spacial score (nSPS) is 18.5. The highest BCUT2D eigenvalue weighted by atomic mass is 35.5. The standard InChI is InChI=1S/C19H23ClN2OS/c1-21(19(23)17-9-10-18(20)24-17)16-8-5-12-22(14-16)13-11-15-6-3-2-4-7-15/h2-4,6-7,9-10,16H,5,8,11-14H2,1H3/t16-/m1/s1. The monoisotopic (exact) mass is 362 g/mol. The van der Waals surface area contributed by atoms with Crippen LogP contribution in [0.1, 0.15) is 28.1 Å². The molecule has 2 aromatic rings. The summed E-state index contributed by atoms with van der Waals surface area (Å²) in [6, 6.07) is 14.5. The van der Waals surface area contributed by atoms with Gasteiger partial charge in [0.2, 0.25) is 0 Å². The van der Waals surface area contributed by atoms with Gasteiger partial charge in [0.05, 0.1) is 9.21 Å². The number of piperidine rings is 1. The van der Waals surface area contributed by atoms with Gasteiger partial charge in [-0.2, -0.15) is 0 Å². The van der Waals surface area contributed by atoms with Crippen LogP contribution in [0, 0.1) is 0 Å². The molecule has 0 unspecified atom stereocenters. The van der Waals surface area contributed by atoms with Crippen molar-refractivity contribution in [3.8, 4) is 0 Å². The predicted molar refractivity (Wildman–Crippen MR) is 101 cm³/mol. The van der Waals surface area contributed by atoms with Crippen LogP contribution in [0.4, 0.5) is 0 Å². The number of thiophene rings is 1. The molecule has 0 radical (unpaired) electrons. The molecule has 0 saturated carbocycles. The van der Waals surface area contributed by atoms with Crippen LogP contribution in [0.15, 0.2) is 42.5 Å². The Kier molecular flexibility index (Phi) is 5.93. The van der Waals surface area contributed by atoms with E-state index < -0.39 is 0 Å². The fourth-order valence-electron chi connectivity index (χ4n) is 3.25. The second-order valence-electron chi connectivity index (χ2n) is 6.35. The molecular formula is C19H23ClN2OS. The molecular weight excluding hydrogens is 340 g/mol. The van der Waals surface area contributed by atoms with E-state index in [0.717, 1.165) is 43.8 Å². The molecule has 24 heavy (non-hydrogen) atoms. The van der Waals surface area contributed by atoms with E-state index in [0.29, 0.717) is 4.34 Å². The topological polar surface area (TPSA) is 23.6 Å². The van der Waals surface area contributed by atoms with E-state index in [-0.39, 0.29) is 11.9 Å². The summed E-state index contributed by atoms with van der Waals surface area (Å²) in [5.41, 5.74) is 1.37. The van der Waals surface area contributed by atoms with E-state index in [1.807, 2.05) is 18.0 Å². The zero-order chi connectivity index (χ0) is 16.9. The molecule has 3 rings (SSSR count). The van der Waals surface area contributed by atoms with Gasteiger partial charge in [0, 0.05) is 26.2 Å². The van der Waals surface area contributed by atoms with E-state index in [2.05, 4.69) is 35.2 Å². The lowest BCUT2D eigenvalue weighted by Gasteiger charge is -2.37. The van der Waals surface area contributed by atoms with Gasteiger partial charge < -0.3 is 9.80 Å². The minimum atomic E-state index is 0.0850. The molecule has 3 nitrogen and oxygen atoms in total. The molecule has 128 valence electrons. The van der Waals surface area contributed by atoms with Gasteiger partial charge in [-0.25, -0.2) is 0 Å². The molecule has 1 aromatic heterocycles. The summed E-state index contributed by atoms with van der Waals surface area (Å²) in [7, 11) is 1.92. The van der Waals surface area contributed by atoms with Crippen LogP contribution >= 0.6 is 22.9 Å². The van der Waals surface area contributed by atoms with Gasteiger partial charge in [-0.05, 0) is 43.5 Å². The van der Waals surface area contributed by atoms with Crippen molar-refractivity contribution < 1.29 is 4.79 Å². The number of likely N-dealkylation sites (tertiary alicyclic amines) is 1. The molecule has 1 aliphatic rings. The van der Waals surface area contributed by atoms with E-state index in [1.54, 1.807) is 6.07 Å². The fourth-order valence-corrected chi connectivity index (χ4v) is 4.28. The van der Waals surface area contributed by atoms with Crippen molar-refractivity contribution in [2.75, 3.05) is 26.7 Å². The Labute approximate surface area is 152 Å². The lowest BCUT2D eigenvalue weighted by molar-refractivity contribution is 0.0624. The van der Waals surface area contributed by atoms with Crippen LogP contribution in [-0.4, -0.2) is 48.4 Å². The summed E-state index contributed by atoms with van der Waals surface area (Å²) in [5.74, 6) is 0.0850.